The highest BCUT2D eigenvalue weighted by molar-refractivity contribution is 6.30. The Labute approximate surface area is 197 Å². The van der Waals surface area contributed by atoms with E-state index in [1.807, 2.05) is 115 Å². The van der Waals surface area contributed by atoms with Gasteiger partial charge >= 0.3 is 0 Å². The molecule has 0 aliphatic heterocycles. The zero-order valence-corrected chi connectivity index (χ0v) is 18.4. The number of rotatable bonds is 5. The number of carbonyl (C=O) groups is 1. The number of hydrogen-bond donors (Lipinski definition) is 1. The average Bonchev–Trinajstić information content (AvgIpc) is 3.27. The second kappa shape index (κ2) is 9.15. The van der Waals surface area contributed by atoms with Crippen molar-refractivity contribution < 1.29 is 4.79 Å². The minimum atomic E-state index is -0.246. The maximum Gasteiger partial charge on any atom is 0.275 e. The number of halogens is 1. The Kier molecular flexibility index (Phi) is 5.75. The van der Waals surface area contributed by atoms with Crippen molar-refractivity contribution in [1.82, 2.24) is 9.78 Å². The summed E-state index contributed by atoms with van der Waals surface area (Å²) in [6.45, 7) is 0. The van der Waals surface area contributed by atoms with Gasteiger partial charge in [0.25, 0.3) is 5.91 Å². The monoisotopic (exact) mass is 449 g/mol. The molecule has 0 saturated carbocycles. The molecule has 0 unspecified atom stereocenters. The van der Waals surface area contributed by atoms with E-state index in [0.29, 0.717) is 16.4 Å². The third kappa shape index (κ3) is 4.29. The molecule has 1 aromatic heterocycles. The highest BCUT2D eigenvalue weighted by Crippen LogP contribution is 2.36. The molecule has 1 amide bonds. The van der Waals surface area contributed by atoms with Crippen LogP contribution in [0.1, 0.15) is 10.5 Å². The molecule has 0 aliphatic rings. The normalized spacial score (nSPS) is 10.7. The predicted molar refractivity (Wildman–Crippen MR) is 134 cm³/mol. The van der Waals surface area contributed by atoms with Gasteiger partial charge in [-0.1, -0.05) is 90.5 Å². The fourth-order valence-electron chi connectivity index (χ4n) is 3.78. The first kappa shape index (κ1) is 20.7. The van der Waals surface area contributed by atoms with E-state index in [0.717, 1.165) is 28.1 Å². The summed E-state index contributed by atoms with van der Waals surface area (Å²) in [5.74, 6) is -0.246. The molecule has 0 spiro atoms. The fraction of sp³-hybridized carbons (Fsp3) is 0. The number of hydrogen-bond acceptors (Lipinski definition) is 2. The Morgan fingerprint density at radius 1 is 0.697 bits per heavy atom. The molecule has 1 heterocycles. The third-order valence-corrected chi connectivity index (χ3v) is 5.57. The lowest BCUT2D eigenvalue weighted by atomic mass is 9.98. The summed E-state index contributed by atoms with van der Waals surface area (Å²) >= 11 is 6.17. The Balaban J connectivity index is 1.77. The summed E-state index contributed by atoms with van der Waals surface area (Å²) in [7, 11) is 0. The van der Waals surface area contributed by atoms with Crippen LogP contribution in [0.4, 0.5) is 5.69 Å². The molecular weight excluding hydrogens is 430 g/mol. The maximum absolute atomic E-state index is 13.7. The van der Waals surface area contributed by atoms with Gasteiger partial charge in [0.2, 0.25) is 0 Å². The molecule has 4 nitrogen and oxygen atoms in total. The van der Waals surface area contributed by atoms with Crippen LogP contribution < -0.4 is 5.32 Å². The summed E-state index contributed by atoms with van der Waals surface area (Å²) in [6, 6.07) is 36.5. The predicted octanol–water partition coefficient (Wildman–Crippen LogP) is 7.11. The number of amides is 1. The standard InChI is InChI=1S/C28H20ClN3O/c29-22-18-16-20(17-19-22)25-26(21-10-4-1-5-11-21)31-32(24-14-8-3-9-15-24)27(25)28(33)30-23-12-6-2-7-13-23/h1-19H,(H,30,33). The van der Waals surface area contributed by atoms with Gasteiger partial charge in [-0.2, -0.15) is 5.10 Å². The molecule has 0 bridgehead atoms. The second-order valence-corrected chi connectivity index (χ2v) is 7.95. The van der Waals surface area contributed by atoms with E-state index in [2.05, 4.69) is 5.32 Å². The van der Waals surface area contributed by atoms with Crippen LogP contribution in [0, 0.1) is 0 Å². The Bertz CT molecular complexity index is 1380. The molecular formula is C28H20ClN3O. The van der Waals surface area contributed by atoms with Gasteiger partial charge in [0.15, 0.2) is 0 Å². The van der Waals surface area contributed by atoms with Crippen molar-refractivity contribution >= 4 is 23.2 Å². The minimum Gasteiger partial charge on any atom is -0.321 e. The van der Waals surface area contributed by atoms with Gasteiger partial charge in [0, 0.05) is 21.8 Å². The number of benzene rings is 4. The van der Waals surface area contributed by atoms with Crippen LogP contribution in [0.2, 0.25) is 5.02 Å². The molecule has 0 radical (unpaired) electrons. The van der Waals surface area contributed by atoms with Gasteiger partial charge < -0.3 is 5.32 Å². The number of para-hydroxylation sites is 2. The number of carbonyl (C=O) groups excluding carboxylic acids is 1. The van der Waals surface area contributed by atoms with Crippen molar-refractivity contribution in [1.29, 1.82) is 0 Å². The van der Waals surface area contributed by atoms with Crippen molar-refractivity contribution in [2.75, 3.05) is 5.32 Å². The molecule has 160 valence electrons. The van der Waals surface area contributed by atoms with Gasteiger partial charge in [0.05, 0.1) is 5.69 Å². The highest BCUT2D eigenvalue weighted by atomic mass is 35.5. The molecule has 33 heavy (non-hydrogen) atoms. The average molecular weight is 450 g/mol. The Hall–Kier alpha value is -4.15. The summed E-state index contributed by atoms with van der Waals surface area (Å²) in [6.07, 6.45) is 0. The van der Waals surface area contributed by atoms with Crippen LogP contribution in [0.25, 0.3) is 28.1 Å². The van der Waals surface area contributed by atoms with E-state index < -0.39 is 0 Å². The van der Waals surface area contributed by atoms with Gasteiger partial charge in [-0.3, -0.25) is 4.79 Å². The van der Waals surface area contributed by atoms with Crippen molar-refractivity contribution in [3.8, 4) is 28.1 Å². The van der Waals surface area contributed by atoms with Crippen LogP contribution in [-0.4, -0.2) is 15.7 Å². The van der Waals surface area contributed by atoms with Crippen LogP contribution in [0.5, 0.6) is 0 Å². The molecule has 0 fully saturated rings. The summed E-state index contributed by atoms with van der Waals surface area (Å²) < 4.78 is 1.71. The van der Waals surface area contributed by atoms with E-state index >= 15 is 0 Å². The van der Waals surface area contributed by atoms with E-state index in [1.165, 1.54) is 0 Å². The second-order valence-electron chi connectivity index (χ2n) is 7.51. The molecule has 1 N–H and O–H groups in total. The first-order valence-corrected chi connectivity index (χ1v) is 10.9. The molecule has 0 saturated heterocycles. The minimum absolute atomic E-state index is 0.246. The quantitative estimate of drug-likeness (QED) is 0.310. The first-order chi connectivity index (χ1) is 16.2. The number of nitrogens with zero attached hydrogens (tertiary/aromatic N) is 2. The molecule has 5 rings (SSSR count). The number of aromatic nitrogens is 2. The van der Waals surface area contributed by atoms with Gasteiger partial charge in [-0.15, -0.1) is 0 Å². The van der Waals surface area contributed by atoms with Crippen molar-refractivity contribution in [3.63, 3.8) is 0 Å². The SMILES string of the molecule is O=C(Nc1ccccc1)c1c(-c2ccc(Cl)cc2)c(-c2ccccc2)nn1-c1ccccc1. The van der Waals surface area contributed by atoms with E-state index in [9.17, 15) is 4.79 Å². The summed E-state index contributed by atoms with van der Waals surface area (Å²) in [5, 5.41) is 8.59. The van der Waals surface area contributed by atoms with Gasteiger partial charge in [-0.25, -0.2) is 4.68 Å². The maximum atomic E-state index is 13.7. The summed E-state index contributed by atoms with van der Waals surface area (Å²) in [4.78, 5) is 13.7. The van der Waals surface area contributed by atoms with Gasteiger partial charge in [-0.05, 0) is 42.0 Å². The fourth-order valence-corrected chi connectivity index (χ4v) is 3.91. The first-order valence-electron chi connectivity index (χ1n) is 10.6. The van der Waals surface area contributed by atoms with Gasteiger partial charge in [0.1, 0.15) is 11.4 Å². The number of nitrogens with one attached hydrogen (secondary N) is 1. The molecule has 0 atom stereocenters. The van der Waals surface area contributed by atoms with Crippen molar-refractivity contribution in [3.05, 3.63) is 126 Å². The smallest absolute Gasteiger partial charge is 0.275 e. The van der Waals surface area contributed by atoms with E-state index in [-0.39, 0.29) is 5.91 Å². The topological polar surface area (TPSA) is 46.9 Å². The highest BCUT2D eigenvalue weighted by Gasteiger charge is 2.26. The van der Waals surface area contributed by atoms with Crippen LogP contribution in [0.3, 0.4) is 0 Å². The lowest BCUT2D eigenvalue weighted by Crippen LogP contribution is -2.18. The number of anilines is 1. The van der Waals surface area contributed by atoms with E-state index in [1.54, 1.807) is 4.68 Å². The lowest BCUT2D eigenvalue weighted by molar-refractivity contribution is 0.102. The summed E-state index contributed by atoms with van der Waals surface area (Å²) in [5.41, 5.74) is 5.21. The van der Waals surface area contributed by atoms with Crippen molar-refractivity contribution in [2.45, 2.75) is 0 Å². The Morgan fingerprint density at radius 2 is 1.27 bits per heavy atom. The zero-order valence-electron chi connectivity index (χ0n) is 17.7. The molecule has 5 heteroatoms. The lowest BCUT2D eigenvalue weighted by Gasteiger charge is -2.11. The molecule has 5 aromatic rings. The zero-order chi connectivity index (χ0) is 22.6. The van der Waals surface area contributed by atoms with Crippen molar-refractivity contribution in [2.24, 2.45) is 0 Å². The molecule has 4 aromatic carbocycles. The van der Waals surface area contributed by atoms with Crippen LogP contribution in [0.15, 0.2) is 115 Å². The third-order valence-electron chi connectivity index (χ3n) is 5.31. The van der Waals surface area contributed by atoms with Crippen LogP contribution in [-0.2, 0) is 0 Å². The van der Waals surface area contributed by atoms with Crippen LogP contribution >= 0.6 is 11.6 Å². The molecule has 0 aliphatic carbocycles. The Morgan fingerprint density at radius 3 is 1.91 bits per heavy atom. The largest absolute Gasteiger partial charge is 0.321 e. The van der Waals surface area contributed by atoms with E-state index in [4.69, 9.17) is 16.7 Å².